The number of carbonyl (C=O) groups excluding carboxylic acids is 2. The molecule has 192 valence electrons. The van der Waals surface area contributed by atoms with Crippen molar-refractivity contribution in [3.63, 3.8) is 0 Å². The van der Waals surface area contributed by atoms with Crippen molar-refractivity contribution in [2.24, 2.45) is 0 Å². The molecule has 1 aliphatic heterocycles. The van der Waals surface area contributed by atoms with E-state index in [2.05, 4.69) is 4.98 Å². The van der Waals surface area contributed by atoms with E-state index in [0.717, 1.165) is 30.3 Å². The summed E-state index contributed by atoms with van der Waals surface area (Å²) in [7, 11) is 0. The van der Waals surface area contributed by atoms with Gasteiger partial charge in [-0.1, -0.05) is 39.5 Å². The van der Waals surface area contributed by atoms with Gasteiger partial charge in [0.2, 0.25) is 0 Å². The average Bonchev–Trinajstić information content (AvgIpc) is 2.81. The fourth-order valence-corrected chi connectivity index (χ4v) is 4.10. The third kappa shape index (κ3) is 7.40. The van der Waals surface area contributed by atoms with Gasteiger partial charge in [-0.25, -0.2) is 9.18 Å². The monoisotopic (exact) mass is 503 g/mol. The first-order valence-corrected chi connectivity index (χ1v) is 12.3. The van der Waals surface area contributed by atoms with E-state index >= 15 is 4.39 Å². The highest BCUT2D eigenvalue weighted by Crippen LogP contribution is 2.37. The summed E-state index contributed by atoms with van der Waals surface area (Å²) in [6, 6.07) is 0.229. The highest BCUT2D eigenvalue weighted by molar-refractivity contribution is 6.18. The first-order valence-electron chi connectivity index (χ1n) is 11.8. The molecule has 2 N–H and O–H groups in total. The molecule has 4 atom stereocenters. The van der Waals surface area contributed by atoms with E-state index in [1.165, 1.54) is 12.3 Å². The Morgan fingerprint density at radius 3 is 2.47 bits per heavy atom. The molecule has 1 aliphatic rings. The number of alkyl halides is 2. The molecule has 1 fully saturated rings. The topological polar surface area (TPSA) is 123 Å². The molecule has 0 radical (unpaired) electrons. The van der Waals surface area contributed by atoms with Crippen LogP contribution in [0.1, 0.15) is 71.3 Å². The molecule has 2 heterocycles. The SMILES string of the molecule is CCCCCC(=O)OC[C@@]1(CCl)OCC(n2ccc(N)nc2=O)C(F)[C@@H]1OC(=O)CCCCC. The number of hydrogen-bond donors (Lipinski definition) is 1. The van der Waals surface area contributed by atoms with Crippen LogP contribution in [0.5, 0.6) is 0 Å². The maximum Gasteiger partial charge on any atom is 0.349 e. The summed E-state index contributed by atoms with van der Waals surface area (Å²) in [6.45, 7) is 3.37. The van der Waals surface area contributed by atoms with Gasteiger partial charge in [-0.2, -0.15) is 4.98 Å². The number of nitrogens with zero attached hydrogens (tertiary/aromatic N) is 2. The molecule has 0 saturated carbocycles. The van der Waals surface area contributed by atoms with E-state index in [0.29, 0.717) is 12.8 Å². The van der Waals surface area contributed by atoms with Gasteiger partial charge in [0, 0.05) is 19.0 Å². The molecule has 9 nitrogen and oxygen atoms in total. The lowest BCUT2D eigenvalue weighted by Crippen LogP contribution is -2.63. The van der Waals surface area contributed by atoms with Crippen molar-refractivity contribution in [3.05, 3.63) is 22.7 Å². The van der Waals surface area contributed by atoms with Gasteiger partial charge >= 0.3 is 17.6 Å². The van der Waals surface area contributed by atoms with Crippen LogP contribution in [0.15, 0.2) is 17.1 Å². The minimum absolute atomic E-state index is 0.00243. The Morgan fingerprint density at radius 1 is 1.24 bits per heavy atom. The number of nitrogen functional groups attached to an aromatic ring is 1. The lowest BCUT2D eigenvalue weighted by atomic mass is 9.88. The Balaban J connectivity index is 2.25. The predicted octanol–water partition coefficient (Wildman–Crippen LogP) is 3.33. The molecule has 0 spiro atoms. The number of anilines is 1. The number of rotatable bonds is 13. The second kappa shape index (κ2) is 13.6. The van der Waals surface area contributed by atoms with Crippen LogP contribution in [0.4, 0.5) is 10.2 Å². The van der Waals surface area contributed by atoms with Gasteiger partial charge in [-0.15, -0.1) is 11.6 Å². The molecule has 2 unspecified atom stereocenters. The summed E-state index contributed by atoms with van der Waals surface area (Å²) in [5.41, 5.74) is 3.18. The molecule has 0 aromatic carbocycles. The van der Waals surface area contributed by atoms with E-state index in [9.17, 15) is 14.4 Å². The normalized spacial score (nSPS) is 24.5. The molecule has 1 saturated heterocycles. The molecule has 0 bridgehead atoms. The first kappa shape index (κ1) is 28.0. The van der Waals surface area contributed by atoms with Crippen molar-refractivity contribution >= 4 is 29.4 Å². The standard InChI is InChI=1S/C23H35ClFN3O6/c1-3-5-7-9-18(29)32-15-23(14-24)21(34-19(30)10-8-6-4-2)20(25)16(13-33-23)28-12-11-17(26)27-22(28)31/h11-12,16,20-21H,3-10,13-15H2,1-2H3,(H2,26,27,31)/t16?,20?,21-,23+/m0/s1. The number of aromatic nitrogens is 2. The first-order chi connectivity index (χ1) is 16.3. The highest BCUT2D eigenvalue weighted by Gasteiger charge is 2.55. The molecule has 0 aliphatic carbocycles. The minimum atomic E-state index is -1.87. The van der Waals surface area contributed by atoms with Crippen LogP contribution >= 0.6 is 11.6 Å². The van der Waals surface area contributed by atoms with Crippen molar-refractivity contribution in [2.45, 2.75) is 89.1 Å². The summed E-state index contributed by atoms with van der Waals surface area (Å²) >= 11 is 6.19. The molecule has 0 amide bonds. The summed E-state index contributed by atoms with van der Waals surface area (Å²) in [5.74, 6) is -1.37. The van der Waals surface area contributed by atoms with E-state index in [4.69, 9.17) is 31.5 Å². The van der Waals surface area contributed by atoms with E-state index in [-0.39, 0.29) is 37.8 Å². The van der Waals surface area contributed by atoms with Crippen LogP contribution in [0, 0.1) is 0 Å². The molecule has 34 heavy (non-hydrogen) atoms. The number of carbonyl (C=O) groups is 2. The second-order valence-electron chi connectivity index (χ2n) is 8.55. The number of halogens is 2. The van der Waals surface area contributed by atoms with Crippen LogP contribution in [0.3, 0.4) is 0 Å². The minimum Gasteiger partial charge on any atom is -0.462 e. The molecule has 2 rings (SSSR count). The summed E-state index contributed by atoms with van der Waals surface area (Å²) in [4.78, 5) is 40.6. The van der Waals surface area contributed by atoms with E-state index < -0.39 is 41.5 Å². The zero-order valence-corrected chi connectivity index (χ0v) is 20.6. The maximum atomic E-state index is 15.9. The van der Waals surface area contributed by atoms with Crippen molar-refractivity contribution in [1.82, 2.24) is 9.55 Å². The van der Waals surface area contributed by atoms with Crippen molar-refractivity contribution in [3.8, 4) is 0 Å². The molecule has 1 aromatic rings. The lowest BCUT2D eigenvalue weighted by molar-refractivity contribution is -0.225. The van der Waals surface area contributed by atoms with Crippen molar-refractivity contribution < 1.29 is 28.2 Å². The van der Waals surface area contributed by atoms with Crippen LogP contribution in [-0.4, -0.2) is 58.5 Å². The van der Waals surface area contributed by atoms with Crippen LogP contribution in [0.25, 0.3) is 0 Å². The van der Waals surface area contributed by atoms with E-state index in [1.54, 1.807) is 0 Å². The van der Waals surface area contributed by atoms with Crippen molar-refractivity contribution in [2.75, 3.05) is 24.8 Å². The third-order valence-electron chi connectivity index (χ3n) is 5.86. The number of nitrogens with two attached hydrogens (primary N) is 1. The number of ether oxygens (including phenoxy) is 3. The highest BCUT2D eigenvalue weighted by atomic mass is 35.5. The Morgan fingerprint density at radius 2 is 1.88 bits per heavy atom. The Labute approximate surface area is 204 Å². The van der Waals surface area contributed by atoms with Gasteiger partial charge in [0.05, 0.1) is 18.5 Å². The quantitative estimate of drug-likeness (QED) is 0.247. The molecular weight excluding hydrogens is 469 g/mol. The molecule has 11 heteroatoms. The zero-order valence-electron chi connectivity index (χ0n) is 19.8. The van der Waals surface area contributed by atoms with Gasteiger partial charge in [-0.3, -0.25) is 14.2 Å². The molecular formula is C23H35ClFN3O6. The Hall–Kier alpha value is -2.20. The number of esters is 2. The maximum absolute atomic E-state index is 15.9. The average molecular weight is 504 g/mol. The number of unbranched alkanes of at least 4 members (excludes halogenated alkanes) is 4. The predicted molar refractivity (Wildman–Crippen MR) is 125 cm³/mol. The summed E-state index contributed by atoms with van der Waals surface area (Å²) < 4.78 is 33.7. The summed E-state index contributed by atoms with van der Waals surface area (Å²) in [5, 5.41) is 0. The summed E-state index contributed by atoms with van der Waals surface area (Å²) in [6.07, 6.45) is 3.06. The van der Waals surface area contributed by atoms with Crippen LogP contribution < -0.4 is 11.4 Å². The Kier molecular flexibility index (Phi) is 11.2. The fraction of sp³-hybridized carbons (Fsp3) is 0.739. The third-order valence-corrected chi connectivity index (χ3v) is 6.31. The van der Waals surface area contributed by atoms with Gasteiger partial charge in [0.15, 0.2) is 17.9 Å². The number of hydrogen-bond acceptors (Lipinski definition) is 8. The van der Waals surface area contributed by atoms with Crippen LogP contribution in [0.2, 0.25) is 0 Å². The van der Waals surface area contributed by atoms with Gasteiger partial charge in [0.25, 0.3) is 0 Å². The Bertz CT molecular complexity index is 869. The van der Waals surface area contributed by atoms with Gasteiger partial charge < -0.3 is 19.9 Å². The second-order valence-corrected chi connectivity index (χ2v) is 8.82. The smallest absolute Gasteiger partial charge is 0.349 e. The lowest BCUT2D eigenvalue weighted by Gasteiger charge is -2.46. The van der Waals surface area contributed by atoms with E-state index in [1.807, 2.05) is 13.8 Å². The fourth-order valence-electron chi connectivity index (χ4n) is 3.79. The van der Waals surface area contributed by atoms with Crippen LogP contribution in [-0.2, 0) is 23.8 Å². The van der Waals surface area contributed by atoms with Gasteiger partial charge in [-0.05, 0) is 18.9 Å². The largest absolute Gasteiger partial charge is 0.462 e. The van der Waals surface area contributed by atoms with Gasteiger partial charge in [0.1, 0.15) is 12.4 Å². The zero-order chi connectivity index (χ0) is 25.1. The van der Waals surface area contributed by atoms with Crippen molar-refractivity contribution in [1.29, 1.82) is 0 Å². The molecule has 1 aromatic heterocycles.